The van der Waals surface area contributed by atoms with Crippen LogP contribution in [0.2, 0.25) is 4.44 Å². The molecule has 0 atom stereocenters. The van der Waals surface area contributed by atoms with Gasteiger partial charge in [0.2, 0.25) is 0 Å². The molecule has 0 saturated heterocycles. The summed E-state index contributed by atoms with van der Waals surface area (Å²) in [5, 5.41) is 0. The Hall–Kier alpha value is 0.719. The van der Waals surface area contributed by atoms with Crippen LogP contribution in [0.4, 0.5) is 0 Å². The Morgan fingerprint density at radius 1 is 1.43 bits per heavy atom. The predicted octanol–water partition coefficient (Wildman–Crippen LogP) is 0.259. The molecule has 0 heterocycles. The van der Waals surface area contributed by atoms with Gasteiger partial charge in [-0.2, -0.15) is 0 Å². The maximum absolute atomic E-state index is 8.44. The van der Waals surface area contributed by atoms with Gasteiger partial charge in [-0.05, 0) is 0 Å². The average Bonchev–Trinajstić information content (AvgIpc) is 1.61. The molecule has 0 saturated carbocycles. The standard InChI is InChI=1S/C4H9.2H2O.Sn/c1-3-4-2;;;/h1,3-4H2,2H3;2*1H2;/q;;;+2/p-2. The van der Waals surface area contributed by atoms with E-state index >= 15 is 0 Å². The Labute approximate surface area is 52.0 Å². The third-order valence-electron chi connectivity index (χ3n) is 0.754. The Bertz CT molecular complexity index is 38.7. The normalized spacial score (nSPS) is 10.3. The molecule has 0 aromatic heterocycles. The monoisotopic (exact) mass is 211 g/mol. The van der Waals surface area contributed by atoms with E-state index < -0.39 is 20.6 Å². The number of hydrogen-bond donors (Lipinski definition) is 2. The topological polar surface area (TPSA) is 40.5 Å². The molecule has 0 amide bonds. The van der Waals surface area contributed by atoms with Gasteiger partial charge in [-0.25, -0.2) is 0 Å². The molecule has 0 rings (SSSR count). The average molecular weight is 210 g/mol. The van der Waals surface area contributed by atoms with Crippen LogP contribution >= 0.6 is 0 Å². The van der Waals surface area contributed by atoms with Crippen molar-refractivity contribution < 1.29 is 6.89 Å². The first-order valence-electron chi connectivity index (χ1n) is 2.51. The summed E-state index contributed by atoms with van der Waals surface area (Å²) in [4.78, 5) is 0. The van der Waals surface area contributed by atoms with Crippen molar-refractivity contribution in [3.63, 3.8) is 0 Å². The summed E-state index contributed by atoms with van der Waals surface area (Å²) < 4.78 is 17.6. The van der Waals surface area contributed by atoms with E-state index in [9.17, 15) is 0 Å². The number of rotatable bonds is 3. The third-order valence-corrected chi connectivity index (χ3v) is 3.04. The molecule has 7 heavy (non-hydrogen) atoms. The number of hydrogen-bond acceptors (Lipinski definition) is 2. The van der Waals surface area contributed by atoms with E-state index in [4.69, 9.17) is 6.89 Å². The second-order valence-electron chi connectivity index (χ2n) is 1.52. The molecule has 2 N–H and O–H groups in total. The molecule has 0 bridgehead atoms. The van der Waals surface area contributed by atoms with Gasteiger partial charge in [0, 0.05) is 0 Å². The Morgan fingerprint density at radius 2 is 2.00 bits per heavy atom. The Kier molecular flexibility index (Phi) is 5.37. The minimum atomic E-state index is -2.64. The van der Waals surface area contributed by atoms with Crippen LogP contribution in [0.15, 0.2) is 0 Å². The summed E-state index contributed by atoms with van der Waals surface area (Å²) in [7, 11) is 0. The van der Waals surface area contributed by atoms with Crippen molar-refractivity contribution in [1.82, 2.24) is 0 Å². The second-order valence-corrected chi connectivity index (χ2v) is 5.32. The fraction of sp³-hybridized carbons (Fsp3) is 1.00. The summed E-state index contributed by atoms with van der Waals surface area (Å²) in [5.41, 5.74) is 0. The molecule has 2 nitrogen and oxygen atoms in total. The minimum absolute atomic E-state index is 0.707. The van der Waals surface area contributed by atoms with E-state index in [1.807, 2.05) is 6.92 Å². The summed E-state index contributed by atoms with van der Waals surface area (Å²) in [6.07, 6.45) is 2.06. The van der Waals surface area contributed by atoms with Crippen LogP contribution in [0.5, 0.6) is 0 Å². The molecular weight excluding hydrogens is 199 g/mol. The van der Waals surface area contributed by atoms with E-state index in [0.29, 0.717) is 4.44 Å². The zero-order valence-corrected chi connectivity index (χ0v) is 7.37. The van der Waals surface area contributed by atoms with Crippen LogP contribution in [-0.2, 0) is 0 Å². The van der Waals surface area contributed by atoms with Gasteiger partial charge in [-0.1, -0.05) is 0 Å². The van der Waals surface area contributed by atoms with E-state index in [0.717, 1.165) is 12.8 Å². The van der Waals surface area contributed by atoms with E-state index in [-0.39, 0.29) is 0 Å². The van der Waals surface area contributed by atoms with Gasteiger partial charge in [-0.3, -0.25) is 0 Å². The molecule has 0 unspecified atom stereocenters. The first-order valence-corrected chi connectivity index (χ1v) is 7.08. The van der Waals surface area contributed by atoms with Gasteiger partial charge < -0.3 is 0 Å². The van der Waals surface area contributed by atoms with Crippen molar-refractivity contribution in [2.75, 3.05) is 0 Å². The van der Waals surface area contributed by atoms with Gasteiger partial charge in [0.1, 0.15) is 0 Å². The van der Waals surface area contributed by atoms with Crippen molar-refractivity contribution in [1.29, 1.82) is 0 Å². The quantitative estimate of drug-likeness (QED) is 0.655. The summed E-state index contributed by atoms with van der Waals surface area (Å²) in [6, 6.07) is 0. The second kappa shape index (κ2) is 4.87. The number of unbranched alkanes of at least 4 members (excludes halogenated alkanes) is 1. The Balaban J connectivity index is 2.68. The summed E-state index contributed by atoms with van der Waals surface area (Å²) >= 11 is -2.64. The molecule has 3 heteroatoms. The summed E-state index contributed by atoms with van der Waals surface area (Å²) in [6.45, 7) is 2.05. The molecule has 0 aliphatic carbocycles. The summed E-state index contributed by atoms with van der Waals surface area (Å²) in [5.74, 6) is 0. The van der Waals surface area contributed by atoms with Gasteiger partial charge >= 0.3 is 51.7 Å². The van der Waals surface area contributed by atoms with E-state index in [1.165, 1.54) is 0 Å². The first kappa shape index (κ1) is 7.72. The SMILES string of the molecule is CCC[CH2][Sn]([OH])[OH]. The molecule has 0 spiro atoms. The molecule has 0 aliphatic rings. The maximum atomic E-state index is 8.44. The van der Waals surface area contributed by atoms with Gasteiger partial charge in [0.05, 0.1) is 0 Å². The zero-order chi connectivity index (χ0) is 5.70. The molecule has 0 aliphatic heterocycles. The van der Waals surface area contributed by atoms with Crippen molar-refractivity contribution in [2.45, 2.75) is 24.2 Å². The molecule has 1 radical (unpaired) electrons. The van der Waals surface area contributed by atoms with Gasteiger partial charge in [-0.15, -0.1) is 0 Å². The fourth-order valence-electron chi connectivity index (χ4n) is 0.335. The Morgan fingerprint density at radius 3 is 2.14 bits per heavy atom. The van der Waals surface area contributed by atoms with Crippen LogP contribution < -0.4 is 0 Å². The first-order chi connectivity index (χ1) is 3.27. The van der Waals surface area contributed by atoms with Gasteiger partial charge in [0.25, 0.3) is 0 Å². The predicted molar refractivity (Wildman–Crippen MR) is 29.9 cm³/mol. The fourth-order valence-corrected chi connectivity index (χ4v) is 2.25. The van der Waals surface area contributed by atoms with Crippen LogP contribution in [0.25, 0.3) is 0 Å². The molecule has 0 aromatic carbocycles. The molecular formula is C4H11O2Sn. The van der Waals surface area contributed by atoms with Crippen LogP contribution in [0.3, 0.4) is 0 Å². The third kappa shape index (κ3) is 6.72. The van der Waals surface area contributed by atoms with Crippen molar-refractivity contribution in [3.05, 3.63) is 0 Å². The van der Waals surface area contributed by atoms with Crippen molar-refractivity contribution in [3.8, 4) is 0 Å². The van der Waals surface area contributed by atoms with Crippen molar-refractivity contribution >= 4 is 20.6 Å². The van der Waals surface area contributed by atoms with Crippen LogP contribution in [0, 0.1) is 0 Å². The zero-order valence-electron chi connectivity index (χ0n) is 4.52. The van der Waals surface area contributed by atoms with Crippen LogP contribution in [-0.4, -0.2) is 27.5 Å². The van der Waals surface area contributed by atoms with Crippen molar-refractivity contribution in [2.24, 2.45) is 0 Å². The van der Waals surface area contributed by atoms with Crippen LogP contribution in [0.1, 0.15) is 19.8 Å². The van der Waals surface area contributed by atoms with E-state index in [2.05, 4.69) is 0 Å². The van der Waals surface area contributed by atoms with Gasteiger partial charge in [0.15, 0.2) is 0 Å². The molecule has 43 valence electrons. The molecule has 0 aromatic rings. The molecule has 0 fully saturated rings. The van der Waals surface area contributed by atoms with E-state index in [1.54, 1.807) is 0 Å².